The highest BCUT2D eigenvalue weighted by molar-refractivity contribution is 5.67. The van der Waals surface area contributed by atoms with E-state index < -0.39 is 0 Å². The number of likely N-dealkylation sites (tertiary alicyclic amines) is 1. The van der Waals surface area contributed by atoms with Crippen molar-refractivity contribution in [2.24, 2.45) is 11.8 Å². The van der Waals surface area contributed by atoms with Gasteiger partial charge in [-0.1, -0.05) is 0 Å². The van der Waals surface area contributed by atoms with Crippen molar-refractivity contribution in [3.63, 3.8) is 0 Å². The lowest BCUT2D eigenvalue weighted by molar-refractivity contribution is 0.355. The molecule has 5 rings (SSSR count). The van der Waals surface area contributed by atoms with Crippen molar-refractivity contribution in [3.05, 3.63) is 52.4 Å². The van der Waals surface area contributed by atoms with Crippen LogP contribution in [0.4, 0.5) is 5.69 Å². The van der Waals surface area contributed by atoms with E-state index >= 15 is 0 Å². The van der Waals surface area contributed by atoms with Gasteiger partial charge in [0.1, 0.15) is 5.65 Å². The summed E-state index contributed by atoms with van der Waals surface area (Å²) in [4.78, 5) is 22.7. The zero-order valence-electron chi connectivity index (χ0n) is 18.5. The van der Waals surface area contributed by atoms with Crippen molar-refractivity contribution in [2.45, 2.75) is 6.92 Å². The van der Waals surface area contributed by atoms with Crippen molar-refractivity contribution >= 4 is 11.3 Å². The Hall–Kier alpha value is -3.06. The Morgan fingerprint density at radius 2 is 1.68 bits per heavy atom. The van der Waals surface area contributed by atoms with Crippen LogP contribution < -0.4 is 19.9 Å². The molecular formula is C24H28N4O3. The summed E-state index contributed by atoms with van der Waals surface area (Å²) in [7, 11) is 5.40. The fraction of sp³-hybridized carbons (Fsp3) is 0.417. The molecule has 2 aromatic heterocycles. The third-order valence-corrected chi connectivity index (χ3v) is 6.64. The number of benzene rings is 1. The summed E-state index contributed by atoms with van der Waals surface area (Å²) in [5, 5.41) is 0. The second-order valence-corrected chi connectivity index (χ2v) is 8.77. The Balaban J connectivity index is 1.52. The maximum Gasteiger partial charge on any atom is 0.258 e. The molecule has 2 aliphatic rings. The monoisotopic (exact) mass is 420 g/mol. The Kier molecular flexibility index (Phi) is 4.85. The zero-order chi connectivity index (χ0) is 21.7. The summed E-state index contributed by atoms with van der Waals surface area (Å²) >= 11 is 0. The maximum absolute atomic E-state index is 13.1. The molecule has 0 amide bonds. The molecule has 0 aliphatic carbocycles. The van der Waals surface area contributed by atoms with Gasteiger partial charge in [0.2, 0.25) is 0 Å². The number of hydrogen-bond acceptors (Lipinski definition) is 6. The predicted octanol–water partition coefficient (Wildman–Crippen LogP) is 2.68. The molecule has 4 heterocycles. The van der Waals surface area contributed by atoms with Crippen LogP contribution in [0.3, 0.4) is 0 Å². The predicted molar refractivity (Wildman–Crippen MR) is 121 cm³/mol. The molecule has 31 heavy (non-hydrogen) atoms. The maximum atomic E-state index is 13.1. The molecule has 2 atom stereocenters. The molecule has 162 valence electrons. The van der Waals surface area contributed by atoms with Crippen molar-refractivity contribution in [2.75, 3.05) is 52.3 Å². The van der Waals surface area contributed by atoms with Crippen molar-refractivity contribution in [3.8, 4) is 22.8 Å². The molecule has 1 aromatic carbocycles. The van der Waals surface area contributed by atoms with Crippen LogP contribution in [0.25, 0.3) is 16.9 Å². The Labute approximate surface area is 181 Å². The first-order valence-corrected chi connectivity index (χ1v) is 10.7. The Morgan fingerprint density at radius 3 is 2.35 bits per heavy atom. The summed E-state index contributed by atoms with van der Waals surface area (Å²) in [6.45, 7) is 6.43. The van der Waals surface area contributed by atoms with Crippen molar-refractivity contribution in [1.82, 2.24) is 14.3 Å². The normalized spacial score (nSPS) is 21.0. The molecule has 0 saturated carbocycles. The van der Waals surface area contributed by atoms with Gasteiger partial charge in [-0.05, 0) is 55.6 Å². The Bertz CT molecular complexity index is 1190. The van der Waals surface area contributed by atoms with Gasteiger partial charge >= 0.3 is 0 Å². The number of aromatic nitrogens is 2. The molecule has 2 saturated heterocycles. The molecule has 0 bridgehead atoms. The standard InChI is InChI=1S/C24H28N4O3/c1-15-7-19(27-12-17-10-26(2)11-18(17)13-27)14-28-23(29)9-20(25-24(15)28)16-5-6-21(30-3)22(8-16)31-4/h5-9,14,17-18H,10-13H2,1-4H3/t17-,18+. The first-order valence-electron chi connectivity index (χ1n) is 10.7. The van der Waals surface area contributed by atoms with E-state index in [2.05, 4.69) is 22.9 Å². The van der Waals surface area contributed by atoms with Crippen LogP contribution in [-0.4, -0.2) is 61.7 Å². The number of nitrogens with zero attached hydrogens (tertiary/aromatic N) is 4. The quantitative estimate of drug-likeness (QED) is 0.647. The highest BCUT2D eigenvalue weighted by atomic mass is 16.5. The van der Waals surface area contributed by atoms with Crippen LogP contribution in [0.5, 0.6) is 11.5 Å². The van der Waals surface area contributed by atoms with Crippen LogP contribution in [0, 0.1) is 18.8 Å². The second kappa shape index (κ2) is 7.57. The first-order chi connectivity index (χ1) is 15.0. The lowest BCUT2D eigenvalue weighted by Crippen LogP contribution is -2.27. The molecule has 0 unspecified atom stereocenters. The molecule has 0 radical (unpaired) electrons. The summed E-state index contributed by atoms with van der Waals surface area (Å²) in [5.74, 6) is 2.68. The molecule has 3 aromatic rings. The minimum Gasteiger partial charge on any atom is -0.493 e. The van der Waals surface area contributed by atoms with Gasteiger partial charge in [0.15, 0.2) is 11.5 Å². The van der Waals surface area contributed by atoms with E-state index in [1.165, 1.54) is 0 Å². The smallest absolute Gasteiger partial charge is 0.258 e. The summed E-state index contributed by atoms with van der Waals surface area (Å²) < 4.78 is 12.4. The van der Waals surface area contributed by atoms with Crippen molar-refractivity contribution in [1.29, 1.82) is 0 Å². The molecular weight excluding hydrogens is 392 g/mol. The Morgan fingerprint density at radius 1 is 0.968 bits per heavy atom. The van der Waals surface area contributed by atoms with Gasteiger partial charge in [0.25, 0.3) is 5.56 Å². The van der Waals surface area contributed by atoms with E-state index in [4.69, 9.17) is 14.5 Å². The fourth-order valence-corrected chi connectivity index (χ4v) is 5.10. The average molecular weight is 421 g/mol. The van der Waals surface area contributed by atoms with Crippen LogP contribution >= 0.6 is 0 Å². The third-order valence-electron chi connectivity index (χ3n) is 6.64. The topological polar surface area (TPSA) is 59.3 Å². The first kappa shape index (κ1) is 19.9. The van der Waals surface area contributed by atoms with E-state index in [0.29, 0.717) is 34.7 Å². The van der Waals surface area contributed by atoms with Crippen molar-refractivity contribution < 1.29 is 9.47 Å². The number of hydrogen-bond donors (Lipinski definition) is 0. The molecule has 7 nitrogen and oxygen atoms in total. The summed E-state index contributed by atoms with van der Waals surface area (Å²) in [5.41, 5.74) is 4.13. The van der Waals surface area contributed by atoms with Gasteiger partial charge in [0, 0.05) is 44.0 Å². The van der Waals surface area contributed by atoms with E-state index in [0.717, 1.165) is 43.0 Å². The van der Waals surface area contributed by atoms with Gasteiger partial charge in [-0.15, -0.1) is 0 Å². The third kappa shape index (κ3) is 3.43. The zero-order valence-corrected chi connectivity index (χ0v) is 18.5. The molecule has 2 fully saturated rings. The lowest BCUT2D eigenvalue weighted by Gasteiger charge is -2.22. The van der Waals surface area contributed by atoms with Crippen LogP contribution in [0.1, 0.15) is 5.56 Å². The van der Waals surface area contributed by atoms with Crippen LogP contribution in [-0.2, 0) is 0 Å². The minimum atomic E-state index is -0.0844. The SMILES string of the molecule is COc1ccc(-c2cc(=O)n3cc(N4C[C@H]5CN(C)C[C@H]5C4)cc(C)c3n2)cc1OC. The number of methoxy groups -OCH3 is 2. The number of aryl methyl sites for hydroxylation is 1. The van der Waals surface area contributed by atoms with Gasteiger partial charge < -0.3 is 19.3 Å². The number of pyridine rings is 1. The van der Waals surface area contributed by atoms with E-state index in [9.17, 15) is 4.79 Å². The van der Waals surface area contributed by atoms with Gasteiger partial charge in [-0.3, -0.25) is 9.20 Å². The van der Waals surface area contributed by atoms with Gasteiger partial charge in [-0.25, -0.2) is 4.98 Å². The number of fused-ring (bicyclic) bond motifs is 2. The minimum absolute atomic E-state index is 0.0844. The van der Waals surface area contributed by atoms with Gasteiger partial charge in [-0.2, -0.15) is 0 Å². The molecule has 0 spiro atoms. The fourth-order valence-electron chi connectivity index (χ4n) is 5.10. The van der Waals surface area contributed by atoms with E-state index in [1.807, 2.05) is 31.3 Å². The van der Waals surface area contributed by atoms with E-state index in [-0.39, 0.29) is 5.56 Å². The molecule has 7 heteroatoms. The van der Waals surface area contributed by atoms with Crippen LogP contribution in [0.15, 0.2) is 41.3 Å². The number of anilines is 1. The highest BCUT2D eigenvalue weighted by Gasteiger charge is 2.38. The van der Waals surface area contributed by atoms with Crippen LogP contribution in [0.2, 0.25) is 0 Å². The van der Waals surface area contributed by atoms with Gasteiger partial charge in [0.05, 0.1) is 25.6 Å². The summed E-state index contributed by atoms with van der Waals surface area (Å²) in [6.07, 6.45) is 1.95. The number of ether oxygens (including phenoxy) is 2. The number of rotatable bonds is 4. The van der Waals surface area contributed by atoms with E-state index in [1.54, 1.807) is 24.7 Å². The molecule has 0 N–H and O–H groups in total. The largest absolute Gasteiger partial charge is 0.493 e. The highest BCUT2D eigenvalue weighted by Crippen LogP contribution is 2.34. The second-order valence-electron chi connectivity index (χ2n) is 8.77. The average Bonchev–Trinajstić information content (AvgIpc) is 3.31. The lowest BCUT2D eigenvalue weighted by atomic mass is 10.0. The molecule has 2 aliphatic heterocycles. The summed E-state index contributed by atoms with van der Waals surface area (Å²) in [6, 6.07) is 9.31.